The molecule has 1 aromatic heterocycles. The van der Waals surface area contributed by atoms with E-state index in [-0.39, 0.29) is 11.7 Å². The van der Waals surface area contributed by atoms with E-state index in [1.165, 1.54) is 11.8 Å². The SMILES string of the molecule is CC(C)n1c(Sc2ccc(CCN)c(Cl)c2)n[nH]c1=O. The first kappa shape index (κ1) is 15.2. The molecule has 0 atom stereocenters. The molecule has 5 nitrogen and oxygen atoms in total. The zero-order valence-electron chi connectivity index (χ0n) is 11.4. The van der Waals surface area contributed by atoms with E-state index in [4.69, 9.17) is 17.3 Å². The quantitative estimate of drug-likeness (QED) is 0.889. The average Bonchev–Trinajstić information content (AvgIpc) is 2.74. The lowest BCUT2D eigenvalue weighted by molar-refractivity contribution is 0.534. The Kier molecular flexibility index (Phi) is 4.91. The first-order valence-corrected chi connectivity index (χ1v) is 7.55. The van der Waals surface area contributed by atoms with E-state index >= 15 is 0 Å². The topological polar surface area (TPSA) is 76.7 Å². The third kappa shape index (κ3) is 3.26. The third-order valence-corrected chi connectivity index (χ3v) is 4.15. The van der Waals surface area contributed by atoms with Gasteiger partial charge in [0.1, 0.15) is 0 Å². The standard InChI is InChI=1S/C13H17ClN4OS/c1-8(2)18-12(19)16-17-13(18)20-10-4-3-9(5-6-15)11(14)7-10/h3-4,7-8H,5-6,15H2,1-2H3,(H,16,19). The first-order valence-electron chi connectivity index (χ1n) is 6.36. The van der Waals surface area contributed by atoms with Gasteiger partial charge in [-0.2, -0.15) is 0 Å². The molecule has 2 rings (SSSR count). The number of nitrogens with two attached hydrogens (primary N) is 1. The van der Waals surface area contributed by atoms with Crippen molar-refractivity contribution in [1.29, 1.82) is 0 Å². The molecule has 0 radical (unpaired) electrons. The molecule has 3 N–H and O–H groups in total. The molecule has 0 unspecified atom stereocenters. The van der Waals surface area contributed by atoms with Crippen molar-refractivity contribution in [3.8, 4) is 0 Å². The summed E-state index contributed by atoms with van der Waals surface area (Å²) >= 11 is 7.63. The summed E-state index contributed by atoms with van der Waals surface area (Å²) in [5.74, 6) is 0. The van der Waals surface area contributed by atoms with Crippen molar-refractivity contribution in [3.05, 3.63) is 39.3 Å². The molecule has 0 spiro atoms. The predicted octanol–water partition coefficient (Wildman–Crippen LogP) is 2.46. The van der Waals surface area contributed by atoms with Crippen LogP contribution in [0.25, 0.3) is 0 Å². The van der Waals surface area contributed by atoms with Crippen molar-refractivity contribution in [3.63, 3.8) is 0 Å². The lowest BCUT2D eigenvalue weighted by atomic mass is 10.1. The minimum Gasteiger partial charge on any atom is -0.330 e. The van der Waals surface area contributed by atoms with Crippen molar-refractivity contribution in [2.45, 2.75) is 36.4 Å². The first-order chi connectivity index (χ1) is 9.52. The van der Waals surface area contributed by atoms with Crippen LogP contribution >= 0.6 is 23.4 Å². The number of nitrogens with zero attached hydrogens (tertiary/aromatic N) is 2. The largest absolute Gasteiger partial charge is 0.344 e. The van der Waals surface area contributed by atoms with Gasteiger partial charge >= 0.3 is 5.69 Å². The van der Waals surface area contributed by atoms with Gasteiger partial charge in [0.05, 0.1) is 0 Å². The summed E-state index contributed by atoms with van der Waals surface area (Å²) in [5, 5.41) is 7.84. The molecule has 20 heavy (non-hydrogen) atoms. The third-order valence-electron chi connectivity index (χ3n) is 2.84. The van der Waals surface area contributed by atoms with E-state index in [2.05, 4.69) is 10.2 Å². The second kappa shape index (κ2) is 6.47. The molecular weight excluding hydrogens is 296 g/mol. The minimum atomic E-state index is -0.201. The number of benzene rings is 1. The lowest BCUT2D eigenvalue weighted by Crippen LogP contribution is -2.19. The van der Waals surface area contributed by atoms with Gasteiger partial charge in [0.2, 0.25) is 0 Å². The van der Waals surface area contributed by atoms with Gasteiger partial charge in [0.25, 0.3) is 0 Å². The van der Waals surface area contributed by atoms with Crippen LogP contribution in [0.2, 0.25) is 5.02 Å². The molecule has 0 saturated carbocycles. The van der Waals surface area contributed by atoms with Crippen LogP contribution in [0.15, 0.2) is 33.0 Å². The van der Waals surface area contributed by atoms with Crippen molar-refractivity contribution in [1.82, 2.24) is 14.8 Å². The maximum Gasteiger partial charge on any atom is 0.344 e. The number of hydrogen-bond donors (Lipinski definition) is 2. The van der Waals surface area contributed by atoms with Crippen LogP contribution in [-0.4, -0.2) is 21.3 Å². The lowest BCUT2D eigenvalue weighted by Gasteiger charge is -2.09. The summed E-state index contributed by atoms with van der Waals surface area (Å²) < 4.78 is 1.62. The van der Waals surface area contributed by atoms with Gasteiger partial charge in [-0.1, -0.05) is 17.7 Å². The van der Waals surface area contributed by atoms with Crippen molar-refractivity contribution < 1.29 is 0 Å². The molecule has 0 saturated heterocycles. The zero-order chi connectivity index (χ0) is 14.7. The van der Waals surface area contributed by atoms with E-state index in [9.17, 15) is 4.79 Å². The van der Waals surface area contributed by atoms with Gasteiger partial charge in [-0.25, -0.2) is 9.89 Å². The molecule has 0 aliphatic carbocycles. The van der Waals surface area contributed by atoms with Crippen LogP contribution in [0, 0.1) is 0 Å². The van der Waals surface area contributed by atoms with Crippen LogP contribution in [0.3, 0.4) is 0 Å². The Bertz CT molecular complexity index is 650. The van der Waals surface area contributed by atoms with E-state index in [1.807, 2.05) is 32.0 Å². The van der Waals surface area contributed by atoms with Crippen LogP contribution in [0.1, 0.15) is 25.5 Å². The Morgan fingerprint density at radius 2 is 2.25 bits per heavy atom. The van der Waals surface area contributed by atoms with E-state index in [0.29, 0.717) is 16.7 Å². The summed E-state index contributed by atoms with van der Waals surface area (Å²) in [4.78, 5) is 12.6. The molecule has 2 aromatic rings. The van der Waals surface area contributed by atoms with Gasteiger partial charge < -0.3 is 5.73 Å². The summed E-state index contributed by atoms with van der Waals surface area (Å²) in [6.07, 6.45) is 0.753. The molecule has 0 bridgehead atoms. The Morgan fingerprint density at radius 1 is 1.50 bits per heavy atom. The molecule has 7 heteroatoms. The van der Waals surface area contributed by atoms with E-state index in [1.54, 1.807) is 4.57 Å². The minimum absolute atomic E-state index is 0.0516. The van der Waals surface area contributed by atoms with E-state index < -0.39 is 0 Å². The number of aromatic amines is 1. The van der Waals surface area contributed by atoms with Gasteiger partial charge in [-0.05, 0) is 56.3 Å². The zero-order valence-corrected chi connectivity index (χ0v) is 13.0. The van der Waals surface area contributed by atoms with E-state index in [0.717, 1.165) is 16.9 Å². The molecule has 0 aliphatic rings. The second-order valence-electron chi connectivity index (χ2n) is 4.67. The van der Waals surface area contributed by atoms with Crippen molar-refractivity contribution >= 4 is 23.4 Å². The molecular formula is C13H17ClN4OS. The summed E-state index contributed by atoms with van der Waals surface area (Å²) in [7, 11) is 0. The monoisotopic (exact) mass is 312 g/mol. The Labute approximate surface area is 126 Å². The maximum atomic E-state index is 11.7. The molecule has 1 aromatic carbocycles. The number of halogens is 1. The van der Waals surface area contributed by atoms with Gasteiger partial charge in [-0.3, -0.25) is 4.57 Å². The highest BCUT2D eigenvalue weighted by Crippen LogP contribution is 2.30. The van der Waals surface area contributed by atoms with Crippen LogP contribution in [0.4, 0.5) is 0 Å². The number of nitrogens with one attached hydrogen (secondary N) is 1. The fourth-order valence-corrected chi connectivity index (χ4v) is 3.22. The van der Waals surface area contributed by atoms with Crippen LogP contribution in [0.5, 0.6) is 0 Å². The Hall–Kier alpha value is -1.24. The molecule has 0 amide bonds. The number of H-pyrrole nitrogens is 1. The molecule has 0 fully saturated rings. The van der Waals surface area contributed by atoms with Gasteiger partial charge in [0, 0.05) is 16.0 Å². The van der Waals surface area contributed by atoms with Crippen LogP contribution in [-0.2, 0) is 6.42 Å². The van der Waals surface area contributed by atoms with Gasteiger partial charge in [0.15, 0.2) is 5.16 Å². The van der Waals surface area contributed by atoms with Gasteiger partial charge in [-0.15, -0.1) is 5.10 Å². The summed E-state index contributed by atoms with van der Waals surface area (Å²) in [6.45, 7) is 4.45. The predicted molar refractivity (Wildman–Crippen MR) is 81.6 cm³/mol. The van der Waals surface area contributed by atoms with Crippen molar-refractivity contribution in [2.75, 3.05) is 6.54 Å². The summed E-state index contributed by atoms with van der Waals surface area (Å²) in [6, 6.07) is 5.85. The fourth-order valence-electron chi connectivity index (χ4n) is 1.87. The molecule has 1 heterocycles. The Morgan fingerprint density at radius 3 is 2.85 bits per heavy atom. The fraction of sp³-hybridized carbons (Fsp3) is 0.385. The Balaban J connectivity index is 2.27. The summed E-state index contributed by atoms with van der Waals surface area (Å²) in [5.41, 5.74) is 6.36. The number of aromatic nitrogens is 3. The highest BCUT2D eigenvalue weighted by atomic mass is 35.5. The second-order valence-corrected chi connectivity index (χ2v) is 6.12. The highest BCUT2D eigenvalue weighted by molar-refractivity contribution is 7.99. The normalized spacial score (nSPS) is 11.2. The van der Waals surface area contributed by atoms with Crippen LogP contribution < -0.4 is 11.4 Å². The smallest absolute Gasteiger partial charge is 0.330 e. The number of rotatable bonds is 5. The average molecular weight is 313 g/mol. The molecule has 0 aliphatic heterocycles. The highest BCUT2D eigenvalue weighted by Gasteiger charge is 2.13. The van der Waals surface area contributed by atoms with Crippen molar-refractivity contribution in [2.24, 2.45) is 5.73 Å². The maximum absolute atomic E-state index is 11.7. The number of hydrogen-bond acceptors (Lipinski definition) is 4. The molecule has 108 valence electrons.